The standard InChI is InChI=1S/C22H21NO5/c1-13-4-5-14(2)19(10-13)23-21(24)16-6-8-18(9-7-16)27-12-17-11-20(22(25)26)28-15(17)3/h4-11H,12H2,1-3H3,(H,23,24)(H,25,26). The van der Waals surface area contributed by atoms with Gasteiger partial charge in [-0.3, -0.25) is 4.79 Å². The number of rotatable bonds is 6. The fourth-order valence-electron chi connectivity index (χ4n) is 2.70. The van der Waals surface area contributed by atoms with Gasteiger partial charge in [0, 0.05) is 16.8 Å². The van der Waals surface area contributed by atoms with E-state index in [1.165, 1.54) is 6.07 Å². The number of aromatic carboxylic acids is 1. The predicted molar refractivity (Wildman–Crippen MR) is 105 cm³/mol. The van der Waals surface area contributed by atoms with Gasteiger partial charge in [0.2, 0.25) is 5.76 Å². The molecule has 6 nitrogen and oxygen atoms in total. The Morgan fingerprint density at radius 3 is 2.39 bits per heavy atom. The van der Waals surface area contributed by atoms with Gasteiger partial charge in [-0.05, 0) is 68.3 Å². The lowest BCUT2D eigenvalue weighted by atomic mass is 10.1. The molecule has 1 aromatic heterocycles. The molecule has 0 radical (unpaired) electrons. The second-order valence-corrected chi connectivity index (χ2v) is 6.58. The number of carboxylic acid groups (broad SMARTS) is 1. The lowest BCUT2D eigenvalue weighted by Gasteiger charge is -2.10. The highest BCUT2D eigenvalue weighted by Crippen LogP contribution is 2.20. The first-order valence-electron chi connectivity index (χ1n) is 8.77. The highest BCUT2D eigenvalue weighted by Gasteiger charge is 2.14. The number of furan rings is 1. The highest BCUT2D eigenvalue weighted by molar-refractivity contribution is 6.04. The van der Waals surface area contributed by atoms with E-state index in [0.29, 0.717) is 22.6 Å². The summed E-state index contributed by atoms with van der Waals surface area (Å²) in [5.74, 6) is -0.358. The van der Waals surface area contributed by atoms with E-state index in [1.807, 2.05) is 32.0 Å². The van der Waals surface area contributed by atoms with E-state index in [1.54, 1.807) is 31.2 Å². The molecule has 0 saturated heterocycles. The minimum Gasteiger partial charge on any atom is -0.489 e. The second kappa shape index (κ2) is 8.00. The van der Waals surface area contributed by atoms with Gasteiger partial charge in [0.1, 0.15) is 18.1 Å². The summed E-state index contributed by atoms with van der Waals surface area (Å²) < 4.78 is 10.8. The van der Waals surface area contributed by atoms with Crippen LogP contribution in [-0.2, 0) is 6.61 Å². The van der Waals surface area contributed by atoms with Gasteiger partial charge in [0.15, 0.2) is 0 Å². The average Bonchev–Trinajstić information content (AvgIpc) is 3.04. The topological polar surface area (TPSA) is 88.8 Å². The molecule has 144 valence electrons. The summed E-state index contributed by atoms with van der Waals surface area (Å²) in [6.07, 6.45) is 0. The molecular formula is C22H21NO5. The zero-order valence-corrected chi connectivity index (χ0v) is 15.9. The number of hydrogen-bond acceptors (Lipinski definition) is 4. The Balaban J connectivity index is 1.64. The molecule has 0 atom stereocenters. The maximum atomic E-state index is 12.5. The number of nitrogens with one attached hydrogen (secondary N) is 1. The molecular weight excluding hydrogens is 358 g/mol. The maximum absolute atomic E-state index is 12.5. The van der Waals surface area contributed by atoms with Crippen molar-refractivity contribution in [2.24, 2.45) is 0 Å². The summed E-state index contributed by atoms with van der Waals surface area (Å²) >= 11 is 0. The fraction of sp³-hybridized carbons (Fsp3) is 0.182. The third-order valence-electron chi connectivity index (χ3n) is 4.38. The van der Waals surface area contributed by atoms with Crippen molar-refractivity contribution in [2.75, 3.05) is 5.32 Å². The summed E-state index contributed by atoms with van der Waals surface area (Å²) in [4.78, 5) is 23.4. The van der Waals surface area contributed by atoms with E-state index in [0.717, 1.165) is 16.8 Å². The molecule has 0 bridgehead atoms. The van der Waals surface area contributed by atoms with Crippen LogP contribution in [0.3, 0.4) is 0 Å². The monoisotopic (exact) mass is 379 g/mol. The smallest absolute Gasteiger partial charge is 0.371 e. The van der Waals surface area contributed by atoms with Crippen LogP contribution in [0.2, 0.25) is 0 Å². The third kappa shape index (κ3) is 4.40. The Morgan fingerprint density at radius 2 is 1.75 bits per heavy atom. The molecule has 1 amide bonds. The molecule has 1 heterocycles. The van der Waals surface area contributed by atoms with Crippen LogP contribution < -0.4 is 10.1 Å². The van der Waals surface area contributed by atoms with Crippen molar-refractivity contribution in [1.82, 2.24) is 0 Å². The summed E-state index contributed by atoms with van der Waals surface area (Å²) in [6.45, 7) is 5.78. The van der Waals surface area contributed by atoms with E-state index in [9.17, 15) is 9.59 Å². The number of amides is 1. The molecule has 28 heavy (non-hydrogen) atoms. The summed E-state index contributed by atoms with van der Waals surface area (Å²) in [6, 6.07) is 14.1. The minimum absolute atomic E-state index is 0.116. The van der Waals surface area contributed by atoms with Crippen LogP contribution in [0, 0.1) is 20.8 Å². The van der Waals surface area contributed by atoms with Gasteiger partial charge in [-0.1, -0.05) is 12.1 Å². The first-order chi connectivity index (χ1) is 13.3. The van der Waals surface area contributed by atoms with E-state index in [4.69, 9.17) is 14.3 Å². The van der Waals surface area contributed by atoms with Crippen LogP contribution in [-0.4, -0.2) is 17.0 Å². The first-order valence-corrected chi connectivity index (χ1v) is 8.77. The summed E-state index contributed by atoms with van der Waals surface area (Å²) in [7, 11) is 0. The van der Waals surface area contributed by atoms with Gasteiger partial charge in [-0.25, -0.2) is 4.79 Å². The molecule has 0 saturated carbocycles. The Morgan fingerprint density at radius 1 is 1.04 bits per heavy atom. The molecule has 0 aliphatic heterocycles. The normalized spacial score (nSPS) is 10.5. The van der Waals surface area contributed by atoms with Crippen LogP contribution >= 0.6 is 0 Å². The maximum Gasteiger partial charge on any atom is 0.371 e. The second-order valence-electron chi connectivity index (χ2n) is 6.58. The summed E-state index contributed by atoms with van der Waals surface area (Å²) in [5.41, 5.74) is 4.03. The Bertz CT molecular complexity index is 1020. The molecule has 0 aliphatic rings. The van der Waals surface area contributed by atoms with Gasteiger partial charge < -0.3 is 19.6 Å². The quantitative estimate of drug-likeness (QED) is 0.646. The summed E-state index contributed by atoms with van der Waals surface area (Å²) in [5, 5.41) is 11.9. The zero-order chi connectivity index (χ0) is 20.3. The van der Waals surface area contributed by atoms with Crippen molar-refractivity contribution >= 4 is 17.6 Å². The molecule has 3 aromatic rings. The predicted octanol–water partition coefficient (Wildman–Crippen LogP) is 4.73. The van der Waals surface area contributed by atoms with Crippen molar-refractivity contribution < 1.29 is 23.8 Å². The van der Waals surface area contributed by atoms with E-state index >= 15 is 0 Å². The Labute approximate surface area is 162 Å². The lowest BCUT2D eigenvalue weighted by molar-refractivity contribution is 0.0660. The number of ether oxygens (including phenoxy) is 1. The van der Waals surface area contributed by atoms with Crippen LogP contribution in [0.4, 0.5) is 5.69 Å². The number of aryl methyl sites for hydroxylation is 3. The van der Waals surface area contributed by atoms with E-state index < -0.39 is 5.97 Å². The van der Waals surface area contributed by atoms with Crippen molar-refractivity contribution in [1.29, 1.82) is 0 Å². The van der Waals surface area contributed by atoms with Crippen LogP contribution in [0.1, 0.15) is 43.4 Å². The Kier molecular flexibility index (Phi) is 5.49. The lowest BCUT2D eigenvalue weighted by Crippen LogP contribution is -2.12. The van der Waals surface area contributed by atoms with Gasteiger partial charge >= 0.3 is 5.97 Å². The first kappa shape index (κ1) is 19.2. The van der Waals surface area contributed by atoms with Crippen molar-refractivity contribution in [3.05, 3.63) is 82.3 Å². The van der Waals surface area contributed by atoms with Crippen LogP contribution in [0.5, 0.6) is 5.75 Å². The molecule has 0 unspecified atom stereocenters. The van der Waals surface area contributed by atoms with E-state index in [-0.39, 0.29) is 18.3 Å². The minimum atomic E-state index is -1.12. The highest BCUT2D eigenvalue weighted by atomic mass is 16.5. The van der Waals surface area contributed by atoms with E-state index in [2.05, 4.69) is 5.32 Å². The van der Waals surface area contributed by atoms with Crippen molar-refractivity contribution in [3.8, 4) is 5.75 Å². The number of carboxylic acids is 1. The number of carbonyl (C=O) groups excluding carboxylic acids is 1. The molecule has 2 N–H and O–H groups in total. The van der Waals surface area contributed by atoms with Crippen molar-refractivity contribution in [2.45, 2.75) is 27.4 Å². The fourth-order valence-corrected chi connectivity index (χ4v) is 2.70. The molecule has 0 spiro atoms. The van der Waals surface area contributed by atoms with Gasteiger partial charge in [0.05, 0.1) is 0 Å². The van der Waals surface area contributed by atoms with Crippen LogP contribution in [0.15, 0.2) is 52.9 Å². The van der Waals surface area contributed by atoms with Crippen molar-refractivity contribution in [3.63, 3.8) is 0 Å². The number of benzene rings is 2. The largest absolute Gasteiger partial charge is 0.489 e. The SMILES string of the molecule is Cc1ccc(C)c(NC(=O)c2ccc(OCc3cc(C(=O)O)oc3C)cc2)c1. The number of carbonyl (C=O) groups is 2. The molecule has 2 aromatic carbocycles. The third-order valence-corrected chi connectivity index (χ3v) is 4.38. The molecule has 0 aliphatic carbocycles. The zero-order valence-electron chi connectivity index (χ0n) is 15.9. The molecule has 6 heteroatoms. The van der Waals surface area contributed by atoms with Gasteiger partial charge in [-0.15, -0.1) is 0 Å². The number of anilines is 1. The van der Waals surface area contributed by atoms with Gasteiger partial charge in [-0.2, -0.15) is 0 Å². The molecule has 0 fully saturated rings. The Hall–Kier alpha value is -3.54. The van der Waals surface area contributed by atoms with Gasteiger partial charge in [0.25, 0.3) is 5.91 Å². The van der Waals surface area contributed by atoms with Crippen LogP contribution in [0.25, 0.3) is 0 Å². The average molecular weight is 379 g/mol. The molecule has 3 rings (SSSR count). The number of hydrogen-bond donors (Lipinski definition) is 2.